The van der Waals surface area contributed by atoms with Gasteiger partial charge in [0.15, 0.2) is 0 Å². The van der Waals surface area contributed by atoms with E-state index in [0.29, 0.717) is 11.8 Å². The SMILES string of the molecule is C.CN1CCC(c2c[nH]c3nc(Nc4ccc5c(C6CCCCC6)c[nH]c5c4)ccc23)CC1. The minimum absolute atomic E-state index is 0. The van der Waals surface area contributed by atoms with Crippen LogP contribution in [0.2, 0.25) is 0 Å². The Morgan fingerprint density at radius 3 is 2.36 bits per heavy atom. The summed E-state index contributed by atoms with van der Waals surface area (Å²) >= 11 is 0. The lowest BCUT2D eigenvalue weighted by Crippen LogP contribution is -2.29. The summed E-state index contributed by atoms with van der Waals surface area (Å²) in [6.07, 6.45) is 13.6. The number of fused-ring (bicyclic) bond motifs is 2. The smallest absolute Gasteiger partial charge is 0.140 e. The third-order valence-electron chi connectivity index (χ3n) is 7.76. The molecule has 1 aromatic carbocycles. The largest absolute Gasteiger partial charge is 0.361 e. The van der Waals surface area contributed by atoms with Crippen LogP contribution < -0.4 is 5.32 Å². The Balaban J connectivity index is 0.00000228. The first kappa shape index (κ1) is 22.0. The van der Waals surface area contributed by atoms with Crippen LogP contribution in [0.1, 0.15) is 75.3 Å². The third kappa shape index (κ3) is 4.26. The zero-order valence-corrected chi connectivity index (χ0v) is 19.0. The predicted molar refractivity (Wildman–Crippen MR) is 140 cm³/mol. The second-order valence-electron chi connectivity index (χ2n) is 9.88. The molecule has 5 heteroatoms. The zero-order valence-electron chi connectivity index (χ0n) is 19.0. The fraction of sp³-hybridized carbons (Fsp3) is 0.464. The third-order valence-corrected chi connectivity index (χ3v) is 7.76. The van der Waals surface area contributed by atoms with Gasteiger partial charge >= 0.3 is 0 Å². The number of rotatable bonds is 4. The Kier molecular flexibility index (Phi) is 6.15. The molecule has 2 fully saturated rings. The summed E-state index contributed by atoms with van der Waals surface area (Å²) in [7, 11) is 2.21. The summed E-state index contributed by atoms with van der Waals surface area (Å²) < 4.78 is 0. The number of likely N-dealkylation sites (tertiary alicyclic amines) is 1. The summed E-state index contributed by atoms with van der Waals surface area (Å²) in [6, 6.07) is 11.0. The molecule has 0 amide bonds. The number of pyridine rings is 1. The number of benzene rings is 1. The van der Waals surface area contributed by atoms with E-state index in [4.69, 9.17) is 4.98 Å². The second kappa shape index (κ2) is 9.22. The molecule has 4 aromatic rings. The maximum atomic E-state index is 4.87. The molecule has 1 aliphatic carbocycles. The Bertz CT molecular complexity index is 1220. The highest BCUT2D eigenvalue weighted by atomic mass is 15.1. The van der Waals surface area contributed by atoms with Gasteiger partial charge in [0.2, 0.25) is 0 Å². The predicted octanol–water partition coefficient (Wildman–Crippen LogP) is 7.28. The van der Waals surface area contributed by atoms with Crippen molar-refractivity contribution in [2.45, 2.75) is 64.2 Å². The van der Waals surface area contributed by atoms with Gasteiger partial charge in [-0.1, -0.05) is 32.8 Å². The lowest BCUT2D eigenvalue weighted by molar-refractivity contribution is 0.256. The summed E-state index contributed by atoms with van der Waals surface area (Å²) in [4.78, 5) is 14.2. The van der Waals surface area contributed by atoms with Crippen LogP contribution in [0.4, 0.5) is 11.5 Å². The van der Waals surface area contributed by atoms with E-state index >= 15 is 0 Å². The number of nitrogens with one attached hydrogen (secondary N) is 3. The molecule has 33 heavy (non-hydrogen) atoms. The molecule has 4 heterocycles. The molecule has 1 aliphatic heterocycles. The number of hydrogen-bond acceptors (Lipinski definition) is 3. The van der Waals surface area contributed by atoms with Gasteiger partial charge in [-0.2, -0.15) is 0 Å². The standard InChI is InChI=1S/C27H33N5.CH4/c1-32-13-11-19(12-14-32)24-17-29-27-22(24)9-10-26(31-27)30-20-7-8-21-23(16-28-25(21)15-20)18-5-3-2-4-6-18;/h7-10,15-19,28H,2-6,11-14H2,1H3,(H2,29,30,31);1H4. The molecular formula is C28H37N5. The molecule has 3 N–H and O–H groups in total. The van der Waals surface area contributed by atoms with Gasteiger partial charge in [0.1, 0.15) is 11.5 Å². The maximum Gasteiger partial charge on any atom is 0.140 e. The topological polar surface area (TPSA) is 59.7 Å². The molecule has 1 saturated heterocycles. The van der Waals surface area contributed by atoms with Crippen LogP contribution in [0.25, 0.3) is 21.9 Å². The number of aromatic amines is 2. The number of nitrogens with zero attached hydrogens (tertiary/aromatic N) is 2. The van der Waals surface area contributed by atoms with Crippen molar-refractivity contribution >= 4 is 33.4 Å². The first-order chi connectivity index (χ1) is 15.7. The fourth-order valence-electron chi connectivity index (χ4n) is 5.88. The maximum absolute atomic E-state index is 4.87. The molecule has 174 valence electrons. The summed E-state index contributed by atoms with van der Waals surface area (Å²) in [5.41, 5.74) is 6.18. The lowest BCUT2D eigenvalue weighted by atomic mass is 9.84. The first-order valence-corrected chi connectivity index (χ1v) is 12.3. The van der Waals surface area contributed by atoms with Crippen molar-refractivity contribution in [2.75, 3.05) is 25.5 Å². The molecule has 0 spiro atoms. The van der Waals surface area contributed by atoms with Gasteiger partial charge in [-0.15, -0.1) is 0 Å². The van der Waals surface area contributed by atoms with E-state index in [2.05, 4.69) is 70.0 Å². The zero-order chi connectivity index (χ0) is 21.5. The lowest BCUT2D eigenvalue weighted by Gasteiger charge is -2.28. The molecular weight excluding hydrogens is 406 g/mol. The molecule has 2 aliphatic rings. The quantitative estimate of drug-likeness (QED) is 0.310. The number of anilines is 2. The van der Waals surface area contributed by atoms with Gasteiger partial charge < -0.3 is 20.2 Å². The Labute approximate surface area is 197 Å². The number of piperidine rings is 1. The van der Waals surface area contributed by atoms with E-state index in [1.54, 1.807) is 0 Å². The van der Waals surface area contributed by atoms with Gasteiger partial charge in [-0.25, -0.2) is 4.98 Å². The van der Waals surface area contributed by atoms with Crippen LogP contribution in [-0.2, 0) is 0 Å². The minimum atomic E-state index is 0. The molecule has 0 atom stereocenters. The fourth-order valence-corrected chi connectivity index (χ4v) is 5.88. The molecule has 1 saturated carbocycles. The Morgan fingerprint density at radius 2 is 1.55 bits per heavy atom. The second-order valence-corrected chi connectivity index (χ2v) is 9.88. The number of aromatic nitrogens is 3. The van der Waals surface area contributed by atoms with Gasteiger partial charge in [0, 0.05) is 34.4 Å². The van der Waals surface area contributed by atoms with Gasteiger partial charge in [-0.05, 0) is 93.0 Å². The highest BCUT2D eigenvalue weighted by Gasteiger charge is 2.22. The van der Waals surface area contributed by atoms with Gasteiger partial charge in [-0.3, -0.25) is 0 Å². The van der Waals surface area contributed by atoms with Crippen LogP contribution in [0.15, 0.2) is 42.7 Å². The van der Waals surface area contributed by atoms with Crippen LogP contribution in [-0.4, -0.2) is 40.0 Å². The Morgan fingerprint density at radius 1 is 0.848 bits per heavy atom. The molecule has 3 aromatic heterocycles. The van der Waals surface area contributed by atoms with E-state index in [1.807, 2.05) is 0 Å². The summed E-state index contributed by atoms with van der Waals surface area (Å²) in [6.45, 7) is 2.35. The van der Waals surface area contributed by atoms with E-state index in [0.717, 1.165) is 17.2 Å². The monoisotopic (exact) mass is 443 g/mol. The van der Waals surface area contributed by atoms with E-state index in [1.165, 1.54) is 85.5 Å². The van der Waals surface area contributed by atoms with Crippen molar-refractivity contribution in [2.24, 2.45) is 0 Å². The van der Waals surface area contributed by atoms with Crippen molar-refractivity contribution in [3.8, 4) is 0 Å². The van der Waals surface area contributed by atoms with Crippen molar-refractivity contribution in [3.05, 3.63) is 53.9 Å². The average Bonchev–Trinajstić information content (AvgIpc) is 3.44. The van der Waals surface area contributed by atoms with Crippen LogP contribution in [0.3, 0.4) is 0 Å². The summed E-state index contributed by atoms with van der Waals surface area (Å²) in [5.74, 6) is 2.23. The molecule has 6 rings (SSSR count). The minimum Gasteiger partial charge on any atom is -0.361 e. The number of H-pyrrole nitrogens is 2. The first-order valence-electron chi connectivity index (χ1n) is 12.3. The van der Waals surface area contributed by atoms with Gasteiger partial charge in [0.25, 0.3) is 0 Å². The van der Waals surface area contributed by atoms with E-state index in [-0.39, 0.29) is 7.43 Å². The molecule has 0 unspecified atom stereocenters. The van der Waals surface area contributed by atoms with Crippen LogP contribution in [0, 0.1) is 0 Å². The van der Waals surface area contributed by atoms with Crippen LogP contribution in [0.5, 0.6) is 0 Å². The highest BCUT2D eigenvalue weighted by Crippen LogP contribution is 2.37. The molecule has 5 nitrogen and oxygen atoms in total. The Hall–Kier alpha value is -2.79. The van der Waals surface area contributed by atoms with Crippen molar-refractivity contribution < 1.29 is 0 Å². The van der Waals surface area contributed by atoms with E-state index in [9.17, 15) is 0 Å². The van der Waals surface area contributed by atoms with E-state index < -0.39 is 0 Å². The normalized spacial score (nSPS) is 18.6. The van der Waals surface area contributed by atoms with Crippen molar-refractivity contribution in [1.29, 1.82) is 0 Å². The molecule has 0 radical (unpaired) electrons. The average molecular weight is 444 g/mol. The van der Waals surface area contributed by atoms with Gasteiger partial charge in [0.05, 0.1) is 0 Å². The number of hydrogen-bond donors (Lipinski definition) is 3. The van der Waals surface area contributed by atoms with Crippen molar-refractivity contribution in [1.82, 2.24) is 19.9 Å². The molecule has 0 bridgehead atoms. The highest BCUT2D eigenvalue weighted by molar-refractivity contribution is 5.88. The van der Waals surface area contributed by atoms with Crippen molar-refractivity contribution in [3.63, 3.8) is 0 Å². The summed E-state index contributed by atoms with van der Waals surface area (Å²) in [5, 5.41) is 6.15. The van der Waals surface area contributed by atoms with Crippen LogP contribution >= 0.6 is 0 Å².